The van der Waals surface area contributed by atoms with Gasteiger partial charge in [-0.25, -0.2) is 0 Å². The summed E-state index contributed by atoms with van der Waals surface area (Å²) in [7, 11) is 0. The second-order valence-electron chi connectivity index (χ2n) is 11.9. The molecule has 0 radical (unpaired) electrons. The Labute approximate surface area is 250 Å². The Morgan fingerprint density at radius 3 is 2.37 bits per heavy atom. The van der Waals surface area contributed by atoms with E-state index in [4.69, 9.17) is 9.05 Å². The first-order valence-corrected chi connectivity index (χ1v) is 15.0. The van der Waals surface area contributed by atoms with Crippen LogP contribution in [0.4, 0.5) is 0 Å². The summed E-state index contributed by atoms with van der Waals surface area (Å²) in [6.45, 7) is 7.65. The van der Waals surface area contributed by atoms with Crippen molar-refractivity contribution in [1.29, 1.82) is 0 Å². The van der Waals surface area contributed by atoms with Gasteiger partial charge in [-0.2, -0.15) is 0 Å². The second-order valence-corrected chi connectivity index (χ2v) is 11.9. The topological polar surface area (TPSA) is 192 Å². The third-order valence-electron chi connectivity index (χ3n) is 7.93. The Morgan fingerprint density at radius 2 is 1.67 bits per heavy atom. The summed E-state index contributed by atoms with van der Waals surface area (Å²) in [6.07, 6.45) is 4.51. The summed E-state index contributed by atoms with van der Waals surface area (Å²) in [5.41, 5.74) is 0.872. The van der Waals surface area contributed by atoms with E-state index in [0.29, 0.717) is 30.5 Å². The molecule has 1 aliphatic carbocycles. The van der Waals surface area contributed by atoms with Gasteiger partial charge in [-0.05, 0) is 32.6 Å². The van der Waals surface area contributed by atoms with Crippen LogP contribution in [0.3, 0.4) is 0 Å². The van der Waals surface area contributed by atoms with Crippen LogP contribution in [0, 0.1) is 5.92 Å². The predicted octanol–water partition coefficient (Wildman–Crippen LogP) is 0.967. The molecule has 236 valence electrons. The van der Waals surface area contributed by atoms with Crippen molar-refractivity contribution in [1.82, 2.24) is 36.5 Å². The maximum atomic E-state index is 13.1. The van der Waals surface area contributed by atoms with Gasteiger partial charge in [0.2, 0.25) is 17.7 Å². The monoisotopic (exact) mass is 601 g/mol. The molecule has 4 atom stereocenters. The number of aromatic nitrogens is 2. The maximum Gasteiger partial charge on any atom is 0.274 e. The molecule has 3 heterocycles. The van der Waals surface area contributed by atoms with Crippen LogP contribution >= 0.6 is 0 Å². The van der Waals surface area contributed by atoms with Crippen molar-refractivity contribution in [2.45, 2.75) is 103 Å². The number of amides is 4. The Morgan fingerprint density at radius 1 is 0.930 bits per heavy atom. The molecule has 1 aliphatic heterocycles. The molecule has 1 saturated carbocycles. The molecule has 0 aromatic carbocycles. The van der Waals surface area contributed by atoms with Gasteiger partial charge in [0.15, 0.2) is 17.2 Å². The van der Waals surface area contributed by atoms with Gasteiger partial charge in [-0.1, -0.05) is 43.4 Å². The van der Waals surface area contributed by atoms with Crippen LogP contribution < -0.4 is 21.3 Å². The molecular formula is C29H43N7O7. The molecule has 5 N–H and O–H groups in total. The van der Waals surface area contributed by atoms with Gasteiger partial charge in [-0.3, -0.25) is 24.1 Å². The molecule has 2 aliphatic rings. The summed E-state index contributed by atoms with van der Waals surface area (Å²) >= 11 is 0. The minimum atomic E-state index is -1.37. The van der Waals surface area contributed by atoms with Gasteiger partial charge in [-0.15, -0.1) is 0 Å². The number of aliphatic hydroxyl groups is 1. The summed E-state index contributed by atoms with van der Waals surface area (Å²) in [6, 6.07) is 0.169. The van der Waals surface area contributed by atoms with E-state index >= 15 is 0 Å². The van der Waals surface area contributed by atoms with Crippen molar-refractivity contribution < 1.29 is 33.3 Å². The number of carbonyl (C=O) groups excluding carboxylic acids is 4. The fourth-order valence-electron chi connectivity index (χ4n) is 5.39. The first-order chi connectivity index (χ1) is 20.5. The van der Waals surface area contributed by atoms with E-state index in [1.807, 2.05) is 11.0 Å². The van der Waals surface area contributed by atoms with Crippen LogP contribution in [0.5, 0.6) is 0 Å². The van der Waals surface area contributed by atoms with Gasteiger partial charge in [0.25, 0.3) is 5.91 Å². The lowest BCUT2D eigenvalue weighted by atomic mass is 9.87. The molecule has 2 aromatic rings. The number of nitrogens with zero attached hydrogens (tertiary/aromatic N) is 3. The number of hydrogen-bond donors (Lipinski definition) is 5. The summed E-state index contributed by atoms with van der Waals surface area (Å²) < 4.78 is 11.1. The first-order valence-electron chi connectivity index (χ1n) is 15.0. The average molecular weight is 602 g/mol. The van der Waals surface area contributed by atoms with Crippen LogP contribution in [0.15, 0.2) is 21.2 Å². The lowest BCUT2D eigenvalue weighted by Gasteiger charge is -2.26. The fourth-order valence-corrected chi connectivity index (χ4v) is 5.39. The zero-order valence-electron chi connectivity index (χ0n) is 25.2. The lowest BCUT2D eigenvalue weighted by Crippen LogP contribution is -2.58. The Bertz CT molecular complexity index is 1270. The average Bonchev–Trinajstić information content (AvgIpc) is 3.63. The van der Waals surface area contributed by atoms with Crippen LogP contribution in [0.25, 0.3) is 0 Å². The fraction of sp³-hybridized carbons (Fsp3) is 0.655. The quantitative estimate of drug-likeness (QED) is 0.330. The minimum Gasteiger partial charge on any atom is -0.391 e. The molecule has 0 saturated heterocycles. The van der Waals surface area contributed by atoms with Crippen LogP contribution in [-0.4, -0.2) is 81.3 Å². The van der Waals surface area contributed by atoms with E-state index in [-0.39, 0.29) is 30.6 Å². The van der Waals surface area contributed by atoms with E-state index in [1.54, 1.807) is 13.8 Å². The van der Waals surface area contributed by atoms with E-state index in [0.717, 1.165) is 18.5 Å². The molecule has 14 heteroatoms. The molecule has 14 nitrogen and oxygen atoms in total. The standard InChI is InChI=1S/C29H43N7O7/c1-16(2)24-28(40)30-10-11-36(14-20-12-22(34-42-20)19-8-6-5-7-9-19)15-21-13-23(35-43-21)27(39)33-25(18(4)37)29(41)31-17(3)26(38)32-24/h12-13,16-19,24-25,37H,5-11,14-15H2,1-4H3,(H,30,40)(H,31,41)(H,32,38)(H,33,39)/t17-,18+,24-,25-/m0/s1. The van der Waals surface area contributed by atoms with Crippen molar-refractivity contribution in [2.75, 3.05) is 13.1 Å². The van der Waals surface area contributed by atoms with Crippen molar-refractivity contribution in [2.24, 2.45) is 5.92 Å². The summed E-state index contributed by atoms with van der Waals surface area (Å²) in [5.74, 6) is -1.24. The van der Waals surface area contributed by atoms with Crippen molar-refractivity contribution >= 4 is 23.6 Å². The van der Waals surface area contributed by atoms with Crippen molar-refractivity contribution in [3.05, 3.63) is 35.0 Å². The molecule has 0 unspecified atom stereocenters. The number of carbonyl (C=O) groups is 4. The smallest absolute Gasteiger partial charge is 0.274 e. The maximum absolute atomic E-state index is 13.1. The van der Waals surface area contributed by atoms with Crippen molar-refractivity contribution in [3.8, 4) is 0 Å². The van der Waals surface area contributed by atoms with E-state index in [9.17, 15) is 24.3 Å². The Hall–Kier alpha value is -3.78. The molecule has 1 fully saturated rings. The lowest BCUT2D eigenvalue weighted by molar-refractivity contribution is -0.133. The first kappa shape index (κ1) is 32.1. The summed E-state index contributed by atoms with van der Waals surface area (Å²) in [4.78, 5) is 53.8. The molecular weight excluding hydrogens is 558 g/mol. The van der Waals surface area contributed by atoms with Crippen LogP contribution in [0.2, 0.25) is 0 Å². The third kappa shape index (κ3) is 8.63. The van der Waals surface area contributed by atoms with Gasteiger partial charge < -0.3 is 35.4 Å². The number of nitrogens with one attached hydrogen (secondary N) is 4. The molecule has 43 heavy (non-hydrogen) atoms. The van der Waals surface area contributed by atoms with Crippen LogP contribution in [0.1, 0.15) is 93.4 Å². The predicted molar refractivity (Wildman–Crippen MR) is 153 cm³/mol. The zero-order chi connectivity index (χ0) is 31.1. The number of fused-ring (bicyclic) bond motifs is 2. The zero-order valence-corrected chi connectivity index (χ0v) is 25.2. The Kier molecular flexibility index (Phi) is 10.9. The Balaban J connectivity index is 1.56. The van der Waals surface area contributed by atoms with E-state index < -0.39 is 42.0 Å². The van der Waals surface area contributed by atoms with E-state index in [2.05, 4.69) is 31.6 Å². The molecule has 4 amide bonds. The summed E-state index contributed by atoms with van der Waals surface area (Å²) in [5, 5.41) is 28.9. The molecule has 2 bridgehead atoms. The number of rotatable bonds is 5. The van der Waals surface area contributed by atoms with Crippen molar-refractivity contribution in [3.63, 3.8) is 0 Å². The van der Waals surface area contributed by atoms with Gasteiger partial charge in [0.1, 0.15) is 18.1 Å². The van der Waals surface area contributed by atoms with Gasteiger partial charge >= 0.3 is 0 Å². The third-order valence-corrected chi connectivity index (χ3v) is 7.93. The van der Waals surface area contributed by atoms with E-state index in [1.165, 1.54) is 39.2 Å². The normalized spacial score (nSPS) is 24.8. The highest BCUT2D eigenvalue weighted by atomic mass is 16.5. The largest absolute Gasteiger partial charge is 0.391 e. The minimum absolute atomic E-state index is 0.0763. The molecule has 0 spiro atoms. The van der Waals surface area contributed by atoms with Gasteiger partial charge in [0.05, 0.1) is 24.9 Å². The highest BCUT2D eigenvalue weighted by Crippen LogP contribution is 2.32. The highest BCUT2D eigenvalue weighted by Gasteiger charge is 2.32. The molecule has 2 aromatic heterocycles. The van der Waals surface area contributed by atoms with Crippen LogP contribution in [-0.2, 0) is 27.5 Å². The van der Waals surface area contributed by atoms with Gasteiger partial charge in [0, 0.05) is 31.1 Å². The number of aliphatic hydroxyl groups excluding tert-OH is 1. The second kappa shape index (κ2) is 14.6. The number of hydrogen-bond acceptors (Lipinski definition) is 10. The SMILES string of the molecule is CC(C)[C@@H]1NC(=O)[C@H](C)NC(=O)[C@H]([C@@H](C)O)NC(=O)c2cc(on2)CN(Cc2cc(C3CCCCC3)no2)CCNC1=O. The molecule has 4 rings (SSSR count). The highest BCUT2D eigenvalue weighted by molar-refractivity contribution is 5.97.